The van der Waals surface area contributed by atoms with E-state index < -0.39 is 0 Å². The Morgan fingerprint density at radius 2 is 1.87 bits per heavy atom. The van der Waals surface area contributed by atoms with Crippen molar-refractivity contribution in [3.63, 3.8) is 0 Å². The minimum atomic E-state index is -0.245. The number of amides is 1. The standard InChI is InChI=1S/C18H23N3O2/c1-3-21(4-2)13-14-23-17-11-6-5-9-15(17)20-18(22)16-10-7-8-12-19-16/h5-12H,3-4,13-14H2,1-2H3,(H,20,22). The van der Waals surface area contributed by atoms with Crippen molar-refractivity contribution in [2.75, 3.05) is 31.6 Å². The number of nitrogens with zero attached hydrogens (tertiary/aromatic N) is 2. The molecule has 1 heterocycles. The molecule has 0 aliphatic carbocycles. The van der Waals surface area contributed by atoms with Gasteiger partial charge < -0.3 is 15.0 Å². The summed E-state index contributed by atoms with van der Waals surface area (Å²) in [7, 11) is 0. The van der Waals surface area contributed by atoms with Gasteiger partial charge in [-0.25, -0.2) is 0 Å². The van der Waals surface area contributed by atoms with E-state index in [9.17, 15) is 4.79 Å². The molecule has 5 nitrogen and oxygen atoms in total. The van der Waals surface area contributed by atoms with Crippen LogP contribution in [0.1, 0.15) is 24.3 Å². The number of anilines is 1. The average Bonchev–Trinajstić information content (AvgIpc) is 2.61. The third kappa shape index (κ3) is 5.07. The number of carbonyl (C=O) groups is 1. The van der Waals surface area contributed by atoms with E-state index in [1.54, 1.807) is 24.4 Å². The first kappa shape index (κ1) is 17.0. The Hall–Kier alpha value is -2.40. The Kier molecular flexibility index (Phi) is 6.56. The molecule has 0 unspecified atom stereocenters. The van der Waals surface area contributed by atoms with Gasteiger partial charge in [-0.2, -0.15) is 0 Å². The second kappa shape index (κ2) is 8.90. The number of carbonyl (C=O) groups excluding carboxylic acids is 1. The fourth-order valence-electron chi connectivity index (χ4n) is 2.20. The highest BCUT2D eigenvalue weighted by Crippen LogP contribution is 2.24. The number of aromatic nitrogens is 1. The van der Waals surface area contributed by atoms with E-state index in [0.29, 0.717) is 23.7 Å². The highest BCUT2D eigenvalue weighted by Gasteiger charge is 2.10. The zero-order valence-corrected chi connectivity index (χ0v) is 13.7. The van der Waals surface area contributed by atoms with Gasteiger partial charge >= 0.3 is 0 Å². The zero-order valence-electron chi connectivity index (χ0n) is 13.7. The molecule has 0 radical (unpaired) electrons. The van der Waals surface area contributed by atoms with Crippen LogP contribution >= 0.6 is 0 Å². The van der Waals surface area contributed by atoms with Crippen LogP contribution in [0, 0.1) is 0 Å². The number of hydrogen-bond donors (Lipinski definition) is 1. The molecular formula is C18H23N3O2. The number of rotatable bonds is 8. The van der Waals surface area contributed by atoms with Crippen LogP contribution in [0.3, 0.4) is 0 Å². The smallest absolute Gasteiger partial charge is 0.274 e. The molecule has 0 bridgehead atoms. The molecule has 122 valence electrons. The monoisotopic (exact) mass is 313 g/mol. The maximum atomic E-state index is 12.2. The van der Waals surface area contributed by atoms with Crippen LogP contribution in [-0.2, 0) is 0 Å². The highest BCUT2D eigenvalue weighted by atomic mass is 16.5. The van der Waals surface area contributed by atoms with Crippen LogP contribution < -0.4 is 10.1 Å². The molecule has 1 N–H and O–H groups in total. The molecule has 0 fully saturated rings. The average molecular weight is 313 g/mol. The molecule has 23 heavy (non-hydrogen) atoms. The molecule has 5 heteroatoms. The van der Waals surface area contributed by atoms with Gasteiger partial charge in [-0.1, -0.05) is 32.0 Å². The van der Waals surface area contributed by atoms with Gasteiger partial charge in [-0.05, 0) is 37.4 Å². The third-order valence-corrected chi connectivity index (χ3v) is 3.59. The summed E-state index contributed by atoms with van der Waals surface area (Å²) in [6.07, 6.45) is 1.60. The van der Waals surface area contributed by atoms with Crippen LogP contribution in [0.5, 0.6) is 5.75 Å². The lowest BCUT2D eigenvalue weighted by Crippen LogP contribution is -2.28. The number of likely N-dealkylation sites (N-methyl/N-ethyl adjacent to an activating group) is 1. The van der Waals surface area contributed by atoms with E-state index in [-0.39, 0.29) is 5.91 Å². The quantitative estimate of drug-likeness (QED) is 0.814. The Bertz CT molecular complexity index is 613. The summed E-state index contributed by atoms with van der Waals surface area (Å²) in [6, 6.07) is 12.7. The molecule has 0 atom stereocenters. The van der Waals surface area contributed by atoms with Crippen molar-refractivity contribution in [1.29, 1.82) is 0 Å². The molecule has 1 aromatic carbocycles. The minimum absolute atomic E-state index is 0.245. The zero-order chi connectivity index (χ0) is 16.5. The Labute approximate surface area is 137 Å². The topological polar surface area (TPSA) is 54.5 Å². The number of nitrogens with one attached hydrogen (secondary N) is 1. The molecule has 1 aromatic heterocycles. The van der Waals surface area contributed by atoms with Crippen LogP contribution in [-0.4, -0.2) is 42.0 Å². The van der Waals surface area contributed by atoms with Gasteiger partial charge in [0, 0.05) is 12.7 Å². The number of ether oxygens (including phenoxy) is 1. The first-order chi connectivity index (χ1) is 11.2. The maximum Gasteiger partial charge on any atom is 0.274 e. The van der Waals surface area contributed by atoms with E-state index in [1.165, 1.54) is 0 Å². The summed E-state index contributed by atoms with van der Waals surface area (Å²) >= 11 is 0. The van der Waals surface area contributed by atoms with Crippen LogP contribution in [0.15, 0.2) is 48.7 Å². The molecule has 0 aliphatic rings. The molecule has 0 spiro atoms. The van der Waals surface area contributed by atoms with E-state index in [1.807, 2.05) is 24.3 Å². The highest BCUT2D eigenvalue weighted by molar-refractivity contribution is 6.03. The van der Waals surface area contributed by atoms with Crippen molar-refractivity contribution in [1.82, 2.24) is 9.88 Å². The Balaban J connectivity index is 1.99. The lowest BCUT2D eigenvalue weighted by Gasteiger charge is -2.19. The van der Waals surface area contributed by atoms with E-state index in [2.05, 4.69) is 29.0 Å². The van der Waals surface area contributed by atoms with Crippen molar-refractivity contribution >= 4 is 11.6 Å². The van der Waals surface area contributed by atoms with Gasteiger partial charge in [-0.3, -0.25) is 9.78 Å². The second-order valence-electron chi connectivity index (χ2n) is 5.04. The van der Waals surface area contributed by atoms with Gasteiger partial charge in [0.15, 0.2) is 0 Å². The summed E-state index contributed by atoms with van der Waals surface area (Å²) in [5, 5.41) is 2.85. The SMILES string of the molecule is CCN(CC)CCOc1ccccc1NC(=O)c1ccccn1. The lowest BCUT2D eigenvalue weighted by atomic mass is 10.2. The van der Waals surface area contributed by atoms with Gasteiger partial charge in [-0.15, -0.1) is 0 Å². The molecular weight excluding hydrogens is 290 g/mol. The first-order valence-electron chi connectivity index (χ1n) is 7.91. The van der Waals surface area contributed by atoms with Crippen molar-refractivity contribution in [3.8, 4) is 5.75 Å². The van der Waals surface area contributed by atoms with Crippen LogP contribution in [0.25, 0.3) is 0 Å². The van der Waals surface area contributed by atoms with E-state index in [0.717, 1.165) is 19.6 Å². The largest absolute Gasteiger partial charge is 0.490 e. The molecule has 0 saturated carbocycles. The number of para-hydroxylation sites is 2. The maximum absolute atomic E-state index is 12.2. The summed E-state index contributed by atoms with van der Waals surface area (Å²) in [5.41, 5.74) is 1.04. The van der Waals surface area contributed by atoms with Gasteiger partial charge in [0.25, 0.3) is 5.91 Å². The molecule has 2 aromatic rings. The minimum Gasteiger partial charge on any atom is -0.490 e. The summed E-state index contributed by atoms with van der Waals surface area (Å²) in [6.45, 7) is 7.69. The summed E-state index contributed by atoms with van der Waals surface area (Å²) < 4.78 is 5.83. The van der Waals surface area contributed by atoms with E-state index in [4.69, 9.17) is 4.74 Å². The van der Waals surface area contributed by atoms with Crippen LogP contribution in [0.4, 0.5) is 5.69 Å². The number of pyridine rings is 1. The second-order valence-corrected chi connectivity index (χ2v) is 5.04. The predicted octanol–water partition coefficient (Wildman–Crippen LogP) is 3.05. The van der Waals surface area contributed by atoms with Gasteiger partial charge in [0.1, 0.15) is 18.1 Å². The summed E-state index contributed by atoms with van der Waals surface area (Å²) in [5.74, 6) is 0.425. The van der Waals surface area contributed by atoms with Crippen molar-refractivity contribution in [2.45, 2.75) is 13.8 Å². The van der Waals surface area contributed by atoms with Gasteiger partial charge in [0.05, 0.1) is 5.69 Å². The van der Waals surface area contributed by atoms with E-state index >= 15 is 0 Å². The van der Waals surface area contributed by atoms with Crippen molar-refractivity contribution in [2.24, 2.45) is 0 Å². The lowest BCUT2D eigenvalue weighted by molar-refractivity contribution is 0.102. The first-order valence-corrected chi connectivity index (χ1v) is 7.91. The molecule has 0 aliphatic heterocycles. The fourth-order valence-corrected chi connectivity index (χ4v) is 2.20. The molecule has 1 amide bonds. The molecule has 2 rings (SSSR count). The Morgan fingerprint density at radius 3 is 2.57 bits per heavy atom. The predicted molar refractivity (Wildman–Crippen MR) is 91.9 cm³/mol. The fraction of sp³-hybridized carbons (Fsp3) is 0.333. The normalized spacial score (nSPS) is 10.6. The van der Waals surface area contributed by atoms with Gasteiger partial charge in [0.2, 0.25) is 0 Å². The number of hydrogen-bond acceptors (Lipinski definition) is 4. The third-order valence-electron chi connectivity index (χ3n) is 3.59. The number of benzene rings is 1. The van der Waals surface area contributed by atoms with Crippen molar-refractivity contribution in [3.05, 3.63) is 54.4 Å². The van der Waals surface area contributed by atoms with Crippen molar-refractivity contribution < 1.29 is 9.53 Å². The molecule has 0 saturated heterocycles. The Morgan fingerprint density at radius 1 is 1.13 bits per heavy atom. The summed E-state index contributed by atoms with van der Waals surface area (Å²) in [4.78, 5) is 18.5. The van der Waals surface area contributed by atoms with Crippen LogP contribution in [0.2, 0.25) is 0 Å².